The first kappa shape index (κ1) is 9.12. The summed E-state index contributed by atoms with van der Waals surface area (Å²) in [5, 5.41) is 9.98. The molecule has 72 valence electrons. The van der Waals surface area contributed by atoms with Gasteiger partial charge in [-0.2, -0.15) is 0 Å². The first-order valence-corrected chi connectivity index (χ1v) is 5.57. The van der Waals surface area contributed by atoms with Crippen molar-refractivity contribution in [2.75, 3.05) is 19.6 Å². The molecule has 0 bridgehead atoms. The van der Waals surface area contributed by atoms with Gasteiger partial charge in [-0.25, -0.2) is 4.98 Å². The standard InChI is InChI=1S/C9H15N3S/c1-7(9-11-2-3-13-9)12-6-8-4-10-5-8/h2-3,7-8,10,12H,4-6H2,1H3. The molecule has 1 aromatic heterocycles. The molecule has 2 rings (SSSR count). The van der Waals surface area contributed by atoms with Crippen molar-refractivity contribution in [2.24, 2.45) is 5.92 Å². The minimum absolute atomic E-state index is 0.403. The summed E-state index contributed by atoms with van der Waals surface area (Å²) in [6.45, 7) is 5.61. The molecule has 1 aromatic rings. The smallest absolute Gasteiger partial charge is 0.109 e. The fourth-order valence-electron chi connectivity index (χ4n) is 1.37. The number of hydrogen-bond acceptors (Lipinski definition) is 4. The summed E-state index contributed by atoms with van der Waals surface area (Å²) in [5.74, 6) is 0.822. The third kappa shape index (κ3) is 2.27. The summed E-state index contributed by atoms with van der Waals surface area (Å²) in [5.41, 5.74) is 0. The van der Waals surface area contributed by atoms with Gasteiger partial charge in [0.2, 0.25) is 0 Å². The summed E-state index contributed by atoms with van der Waals surface area (Å²) in [7, 11) is 0. The van der Waals surface area contributed by atoms with Crippen molar-refractivity contribution in [2.45, 2.75) is 13.0 Å². The van der Waals surface area contributed by atoms with Crippen molar-refractivity contribution < 1.29 is 0 Å². The van der Waals surface area contributed by atoms with Crippen molar-refractivity contribution in [3.8, 4) is 0 Å². The Bertz CT molecular complexity index is 243. The van der Waals surface area contributed by atoms with Crippen LogP contribution in [0.2, 0.25) is 0 Å². The molecule has 0 saturated carbocycles. The molecule has 0 aliphatic carbocycles. The highest BCUT2D eigenvalue weighted by atomic mass is 32.1. The van der Waals surface area contributed by atoms with Crippen molar-refractivity contribution in [3.05, 3.63) is 16.6 Å². The van der Waals surface area contributed by atoms with Crippen LogP contribution in [0.4, 0.5) is 0 Å². The Morgan fingerprint density at radius 1 is 1.77 bits per heavy atom. The van der Waals surface area contributed by atoms with E-state index in [-0.39, 0.29) is 0 Å². The lowest BCUT2D eigenvalue weighted by Crippen LogP contribution is -2.47. The Kier molecular flexibility index (Phi) is 2.93. The van der Waals surface area contributed by atoms with Gasteiger partial charge < -0.3 is 10.6 Å². The maximum atomic E-state index is 4.28. The number of rotatable bonds is 4. The van der Waals surface area contributed by atoms with Gasteiger partial charge in [-0.1, -0.05) is 0 Å². The van der Waals surface area contributed by atoms with E-state index in [1.807, 2.05) is 11.6 Å². The molecule has 0 spiro atoms. The summed E-state index contributed by atoms with van der Waals surface area (Å²) >= 11 is 1.72. The highest BCUT2D eigenvalue weighted by Gasteiger charge is 2.17. The van der Waals surface area contributed by atoms with E-state index in [0.29, 0.717) is 6.04 Å². The van der Waals surface area contributed by atoms with Crippen molar-refractivity contribution >= 4 is 11.3 Å². The van der Waals surface area contributed by atoms with Crippen LogP contribution in [0.1, 0.15) is 18.0 Å². The van der Waals surface area contributed by atoms with E-state index in [2.05, 4.69) is 22.5 Å². The molecule has 2 heterocycles. The molecule has 4 heteroatoms. The molecule has 1 aliphatic heterocycles. The quantitative estimate of drug-likeness (QED) is 0.756. The van der Waals surface area contributed by atoms with Gasteiger partial charge in [0.25, 0.3) is 0 Å². The molecule has 1 saturated heterocycles. The van der Waals surface area contributed by atoms with Gasteiger partial charge >= 0.3 is 0 Å². The van der Waals surface area contributed by atoms with Gasteiger partial charge in [0.05, 0.1) is 6.04 Å². The molecule has 13 heavy (non-hydrogen) atoms. The topological polar surface area (TPSA) is 37.0 Å². The van der Waals surface area contributed by atoms with Gasteiger partial charge in [-0.15, -0.1) is 11.3 Å². The Labute approximate surface area is 82.6 Å². The van der Waals surface area contributed by atoms with Crippen LogP contribution in [0.25, 0.3) is 0 Å². The lowest BCUT2D eigenvalue weighted by Gasteiger charge is -2.28. The predicted octanol–water partition coefficient (Wildman–Crippen LogP) is 1.01. The second kappa shape index (κ2) is 4.17. The first-order chi connectivity index (χ1) is 6.36. The number of aromatic nitrogens is 1. The summed E-state index contributed by atoms with van der Waals surface area (Å²) in [6.07, 6.45) is 1.86. The molecular formula is C9H15N3S. The van der Waals surface area contributed by atoms with Crippen molar-refractivity contribution in [1.82, 2.24) is 15.6 Å². The van der Waals surface area contributed by atoms with E-state index in [0.717, 1.165) is 25.6 Å². The lowest BCUT2D eigenvalue weighted by molar-refractivity contribution is 0.320. The zero-order valence-corrected chi connectivity index (χ0v) is 8.60. The van der Waals surface area contributed by atoms with E-state index in [4.69, 9.17) is 0 Å². The molecule has 1 unspecified atom stereocenters. The van der Waals surface area contributed by atoms with Gasteiger partial charge in [0.1, 0.15) is 5.01 Å². The summed E-state index contributed by atoms with van der Waals surface area (Å²) in [6, 6.07) is 0.403. The van der Waals surface area contributed by atoms with Crippen LogP contribution >= 0.6 is 11.3 Å². The van der Waals surface area contributed by atoms with Crippen LogP contribution in [0.3, 0.4) is 0 Å². The molecule has 1 atom stereocenters. The number of nitrogens with zero attached hydrogens (tertiary/aromatic N) is 1. The van der Waals surface area contributed by atoms with Gasteiger partial charge in [0.15, 0.2) is 0 Å². The molecule has 1 fully saturated rings. The largest absolute Gasteiger partial charge is 0.316 e. The van der Waals surface area contributed by atoms with Crippen LogP contribution in [-0.2, 0) is 0 Å². The van der Waals surface area contributed by atoms with Gasteiger partial charge in [-0.05, 0) is 12.8 Å². The zero-order valence-electron chi connectivity index (χ0n) is 7.79. The third-order valence-electron chi connectivity index (χ3n) is 2.40. The third-order valence-corrected chi connectivity index (χ3v) is 3.36. The Hall–Kier alpha value is -0.450. The van der Waals surface area contributed by atoms with Gasteiger partial charge in [-0.3, -0.25) is 0 Å². The molecule has 0 aromatic carbocycles. The Morgan fingerprint density at radius 3 is 3.15 bits per heavy atom. The SMILES string of the molecule is CC(NCC1CNC1)c1nccs1. The van der Waals surface area contributed by atoms with Crippen LogP contribution in [0.5, 0.6) is 0 Å². The molecule has 0 amide bonds. The zero-order chi connectivity index (χ0) is 9.10. The Morgan fingerprint density at radius 2 is 2.62 bits per heavy atom. The van der Waals surface area contributed by atoms with E-state index in [1.54, 1.807) is 11.3 Å². The van der Waals surface area contributed by atoms with Crippen LogP contribution in [0, 0.1) is 5.92 Å². The summed E-state index contributed by atoms with van der Waals surface area (Å²) in [4.78, 5) is 4.28. The maximum absolute atomic E-state index is 4.28. The minimum atomic E-state index is 0.403. The first-order valence-electron chi connectivity index (χ1n) is 4.70. The number of thiazole rings is 1. The second-order valence-electron chi connectivity index (χ2n) is 3.52. The Balaban J connectivity index is 1.74. The lowest BCUT2D eigenvalue weighted by atomic mass is 10.0. The highest BCUT2D eigenvalue weighted by molar-refractivity contribution is 7.09. The van der Waals surface area contributed by atoms with Crippen LogP contribution in [0.15, 0.2) is 11.6 Å². The van der Waals surface area contributed by atoms with E-state index in [1.165, 1.54) is 5.01 Å². The van der Waals surface area contributed by atoms with Crippen LogP contribution < -0.4 is 10.6 Å². The molecule has 0 radical (unpaired) electrons. The average molecular weight is 197 g/mol. The number of nitrogens with one attached hydrogen (secondary N) is 2. The van der Waals surface area contributed by atoms with E-state index in [9.17, 15) is 0 Å². The highest BCUT2D eigenvalue weighted by Crippen LogP contribution is 2.15. The monoisotopic (exact) mass is 197 g/mol. The van der Waals surface area contributed by atoms with Crippen molar-refractivity contribution in [3.63, 3.8) is 0 Å². The average Bonchev–Trinajstić information content (AvgIpc) is 2.52. The van der Waals surface area contributed by atoms with E-state index < -0.39 is 0 Å². The van der Waals surface area contributed by atoms with Crippen LogP contribution in [-0.4, -0.2) is 24.6 Å². The fourth-order valence-corrected chi connectivity index (χ4v) is 2.04. The molecule has 1 aliphatic rings. The summed E-state index contributed by atoms with van der Waals surface area (Å²) < 4.78 is 0. The number of hydrogen-bond donors (Lipinski definition) is 2. The minimum Gasteiger partial charge on any atom is -0.316 e. The predicted molar refractivity (Wildman–Crippen MR) is 54.9 cm³/mol. The molecule has 2 N–H and O–H groups in total. The molecular weight excluding hydrogens is 182 g/mol. The maximum Gasteiger partial charge on any atom is 0.109 e. The van der Waals surface area contributed by atoms with Crippen molar-refractivity contribution in [1.29, 1.82) is 0 Å². The van der Waals surface area contributed by atoms with E-state index >= 15 is 0 Å². The normalized spacial score (nSPS) is 19.8. The second-order valence-corrected chi connectivity index (χ2v) is 4.45. The molecule has 3 nitrogen and oxygen atoms in total. The van der Waals surface area contributed by atoms with Gasteiger partial charge in [0, 0.05) is 31.2 Å². The fraction of sp³-hybridized carbons (Fsp3) is 0.667.